The molecular formula is C15H20O6S. The Kier molecular flexibility index (Phi) is 5.93. The highest BCUT2D eigenvalue weighted by atomic mass is 32.2. The van der Waals surface area contributed by atoms with Crippen molar-refractivity contribution in [3.8, 4) is 0 Å². The van der Waals surface area contributed by atoms with Crippen molar-refractivity contribution >= 4 is 16.1 Å². The highest BCUT2D eigenvalue weighted by Gasteiger charge is 2.30. The van der Waals surface area contributed by atoms with Crippen LogP contribution in [0.1, 0.15) is 18.4 Å². The molecule has 1 saturated carbocycles. The van der Waals surface area contributed by atoms with Gasteiger partial charge in [-0.2, -0.15) is 8.42 Å². The Balaban J connectivity index is 1.59. The third-order valence-corrected chi connectivity index (χ3v) is 4.48. The lowest BCUT2D eigenvalue weighted by molar-refractivity contribution is -0.146. The molecule has 7 heteroatoms. The third-order valence-electron chi connectivity index (χ3n) is 3.16. The van der Waals surface area contributed by atoms with Crippen LogP contribution in [0.4, 0.5) is 0 Å². The van der Waals surface area contributed by atoms with Gasteiger partial charge >= 0.3 is 5.97 Å². The summed E-state index contributed by atoms with van der Waals surface area (Å²) in [5.74, 6) is -0.107. The molecular weight excluding hydrogens is 308 g/mol. The van der Waals surface area contributed by atoms with E-state index in [0.717, 1.165) is 18.4 Å². The number of esters is 1. The summed E-state index contributed by atoms with van der Waals surface area (Å²) >= 11 is 0. The number of ether oxygens (including phenoxy) is 2. The Morgan fingerprint density at radius 3 is 2.36 bits per heavy atom. The first-order chi connectivity index (χ1) is 10.5. The van der Waals surface area contributed by atoms with E-state index in [9.17, 15) is 13.2 Å². The van der Waals surface area contributed by atoms with Gasteiger partial charge in [0, 0.05) is 0 Å². The van der Waals surface area contributed by atoms with Crippen LogP contribution < -0.4 is 0 Å². The molecule has 1 aliphatic rings. The Labute approximate surface area is 130 Å². The molecule has 0 aliphatic heterocycles. The molecule has 0 saturated heterocycles. The summed E-state index contributed by atoms with van der Waals surface area (Å²) in [6.07, 6.45) is 1.81. The van der Waals surface area contributed by atoms with E-state index in [0.29, 0.717) is 0 Å². The minimum Gasteiger partial charge on any atom is -0.463 e. The molecule has 0 N–H and O–H groups in total. The first kappa shape index (κ1) is 16.9. The van der Waals surface area contributed by atoms with Crippen LogP contribution in [-0.4, -0.2) is 40.8 Å². The average molecular weight is 328 g/mol. The molecule has 0 aromatic heterocycles. The van der Waals surface area contributed by atoms with Gasteiger partial charge in [0.1, 0.15) is 6.61 Å². The predicted octanol–water partition coefficient (Wildman–Crippen LogP) is 1.67. The van der Waals surface area contributed by atoms with Gasteiger partial charge in [0.15, 0.2) is 0 Å². The molecule has 0 amide bonds. The molecule has 0 radical (unpaired) electrons. The van der Waals surface area contributed by atoms with Crippen molar-refractivity contribution in [1.29, 1.82) is 0 Å². The number of benzene rings is 1. The van der Waals surface area contributed by atoms with Gasteiger partial charge in [0.2, 0.25) is 0 Å². The van der Waals surface area contributed by atoms with Crippen LogP contribution >= 0.6 is 0 Å². The average Bonchev–Trinajstić information content (AvgIpc) is 3.31. The molecule has 1 aliphatic carbocycles. The molecule has 2 rings (SSSR count). The fourth-order valence-electron chi connectivity index (χ4n) is 1.72. The molecule has 0 bridgehead atoms. The summed E-state index contributed by atoms with van der Waals surface area (Å²) in [7, 11) is -3.75. The van der Waals surface area contributed by atoms with Gasteiger partial charge in [-0.05, 0) is 31.9 Å². The van der Waals surface area contributed by atoms with E-state index in [1.165, 1.54) is 12.1 Å². The quantitative estimate of drug-likeness (QED) is 0.390. The van der Waals surface area contributed by atoms with Crippen LogP contribution in [-0.2, 0) is 28.6 Å². The van der Waals surface area contributed by atoms with E-state index in [1.807, 2.05) is 6.92 Å². The van der Waals surface area contributed by atoms with E-state index >= 15 is 0 Å². The number of hydrogen-bond donors (Lipinski definition) is 0. The molecule has 0 spiro atoms. The van der Waals surface area contributed by atoms with Crippen LogP contribution in [0.15, 0.2) is 29.2 Å². The SMILES string of the molecule is Cc1ccc(S(=O)(=O)OCCOCCOC(=O)C2CC2)cc1. The molecule has 0 atom stereocenters. The molecule has 122 valence electrons. The van der Waals surface area contributed by atoms with Crippen LogP contribution in [0, 0.1) is 12.8 Å². The monoisotopic (exact) mass is 328 g/mol. The normalized spacial score (nSPS) is 14.8. The summed E-state index contributed by atoms with van der Waals surface area (Å²) in [5.41, 5.74) is 0.975. The van der Waals surface area contributed by atoms with Crippen molar-refractivity contribution in [2.24, 2.45) is 5.92 Å². The maximum atomic E-state index is 11.9. The lowest BCUT2D eigenvalue weighted by Crippen LogP contribution is -2.15. The second-order valence-electron chi connectivity index (χ2n) is 5.14. The molecule has 6 nitrogen and oxygen atoms in total. The van der Waals surface area contributed by atoms with E-state index in [2.05, 4.69) is 0 Å². The summed E-state index contributed by atoms with van der Waals surface area (Å²) in [6.45, 7) is 2.33. The summed E-state index contributed by atoms with van der Waals surface area (Å²) < 4.78 is 38.7. The standard InChI is InChI=1S/C15H20O6S/c1-12-2-6-14(7-3-12)22(17,18)21-11-9-19-8-10-20-15(16)13-4-5-13/h2-3,6-7,13H,4-5,8-11H2,1H3. The number of carbonyl (C=O) groups is 1. The third kappa shape index (κ3) is 5.40. The minimum absolute atomic E-state index is 0.0722. The smallest absolute Gasteiger partial charge is 0.309 e. The van der Waals surface area contributed by atoms with Gasteiger partial charge in [-0.25, -0.2) is 0 Å². The van der Waals surface area contributed by atoms with Crippen molar-refractivity contribution in [1.82, 2.24) is 0 Å². The van der Waals surface area contributed by atoms with Crippen molar-refractivity contribution in [3.05, 3.63) is 29.8 Å². The molecule has 1 aromatic carbocycles. The van der Waals surface area contributed by atoms with E-state index in [1.54, 1.807) is 12.1 Å². The Morgan fingerprint density at radius 1 is 1.09 bits per heavy atom. The van der Waals surface area contributed by atoms with Crippen molar-refractivity contribution in [3.63, 3.8) is 0 Å². The number of carbonyl (C=O) groups excluding carboxylic acids is 1. The molecule has 1 fully saturated rings. The van der Waals surface area contributed by atoms with E-state index in [4.69, 9.17) is 13.7 Å². The van der Waals surface area contributed by atoms with Gasteiger partial charge in [-0.1, -0.05) is 17.7 Å². The fraction of sp³-hybridized carbons (Fsp3) is 0.533. The zero-order valence-electron chi connectivity index (χ0n) is 12.5. The fourth-order valence-corrected chi connectivity index (χ4v) is 2.61. The second-order valence-corrected chi connectivity index (χ2v) is 6.76. The lowest BCUT2D eigenvalue weighted by Gasteiger charge is -2.07. The molecule has 0 heterocycles. The first-order valence-electron chi connectivity index (χ1n) is 7.19. The zero-order valence-corrected chi connectivity index (χ0v) is 13.3. The van der Waals surface area contributed by atoms with Crippen LogP contribution in [0.5, 0.6) is 0 Å². The summed E-state index contributed by atoms with van der Waals surface area (Å²) in [5, 5.41) is 0. The number of rotatable bonds is 9. The highest BCUT2D eigenvalue weighted by Crippen LogP contribution is 2.29. The predicted molar refractivity (Wildman–Crippen MR) is 78.8 cm³/mol. The van der Waals surface area contributed by atoms with Gasteiger partial charge in [0.05, 0.1) is 30.6 Å². The Hall–Kier alpha value is -1.44. The first-order valence-corrected chi connectivity index (χ1v) is 8.60. The van der Waals surface area contributed by atoms with Gasteiger partial charge in [-0.15, -0.1) is 0 Å². The van der Waals surface area contributed by atoms with Crippen molar-refractivity contribution < 1.29 is 26.9 Å². The Morgan fingerprint density at radius 2 is 1.73 bits per heavy atom. The lowest BCUT2D eigenvalue weighted by atomic mass is 10.2. The van der Waals surface area contributed by atoms with E-state index < -0.39 is 10.1 Å². The van der Waals surface area contributed by atoms with Gasteiger partial charge < -0.3 is 9.47 Å². The highest BCUT2D eigenvalue weighted by molar-refractivity contribution is 7.86. The number of aryl methyl sites for hydroxylation is 1. The van der Waals surface area contributed by atoms with Crippen molar-refractivity contribution in [2.45, 2.75) is 24.7 Å². The van der Waals surface area contributed by atoms with E-state index in [-0.39, 0.29) is 43.2 Å². The number of hydrogen-bond acceptors (Lipinski definition) is 6. The minimum atomic E-state index is -3.75. The van der Waals surface area contributed by atoms with Crippen LogP contribution in [0.2, 0.25) is 0 Å². The molecule has 0 unspecified atom stereocenters. The maximum Gasteiger partial charge on any atom is 0.309 e. The summed E-state index contributed by atoms with van der Waals surface area (Å²) in [4.78, 5) is 11.3. The summed E-state index contributed by atoms with van der Waals surface area (Å²) in [6, 6.07) is 6.42. The van der Waals surface area contributed by atoms with Gasteiger partial charge in [0.25, 0.3) is 10.1 Å². The second kappa shape index (κ2) is 7.71. The van der Waals surface area contributed by atoms with Crippen LogP contribution in [0.3, 0.4) is 0 Å². The molecule has 1 aromatic rings. The van der Waals surface area contributed by atoms with Gasteiger partial charge in [-0.3, -0.25) is 8.98 Å². The topological polar surface area (TPSA) is 78.9 Å². The molecule has 22 heavy (non-hydrogen) atoms. The zero-order chi connectivity index (χ0) is 16.0. The maximum absolute atomic E-state index is 11.9. The largest absolute Gasteiger partial charge is 0.463 e. The van der Waals surface area contributed by atoms with Crippen LogP contribution in [0.25, 0.3) is 0 Å². The Bertz CT molecular complexity index is 589. The van der Waals surface area contributed by atoms with Crippen molar-refractivity contribution in [2.75, 3.05) is 26.4 Å².